The fraction of sp³-hybridized carbons (Fsp3) is 0.977. The molecule has 0 aliphatic rings. The Hall–Kier alpha value is -0.650. The molecule has 0 aromatic carbocycles. The highest BCUT2D eigenvalue weighted by atomic mass is 16.5. The van der Waals surface area contributed by atoms with Crippen molar-refractivity contribution in [2.45, 2.75) is 233 Å². The molecule has 288 valence electrons. The van der Waals surface area contributed by atoms with E-state index in [9.17, 15) is 10.0 Å². The summed E-state index contributed by atoms with van der Waals surface area (Å²) in [7, 11) is 0. The zero-order chi connectivity index (χ0) is 35.0. The molecular formula is C43H88N2O3. The van der Waals surface area contributed by atoms with Gasteiger partial charge in [0, 0.05) is 13.1 Å². The van der Waals surface area contributed by atoms with Crippen molar-refractivity contribution in [2.75, 3.05) is 39.3 Å². The van der Waals surface area contributed by atoms with Crippen LogP contribution in [0, 0.1) is 0 Å². The Labute approximate surface area is 302 Å². The first kappa shape index (κ1) is 47.4. The summed E-state index contributed by atoms with van der Waals surface area (Å²) >= 11 is 0. The summed E-state index contributed by atoms with van der Waals surface area (Å²) in [4.78, 5) is 15.0. The first-order valence-corrected chi connectivity index (χ1v) is 22.0. The molecule has 0 unspecified atom stereocenters. The third-order valence-electron chi connectivity index (χ3n) is 10.1. The van der Waals surface area contributed by atoms with Crippen molar-refractivity contribution in [3.05, 3.63) is 0 Å². The van der Waals surface area contributed by atoms with Gasteiger partial charge in [-0.1, -0.05) is 201 Å². The van der Waals surface area contributed by atoms with Gasteiger partial charge in [0.2, 0.25) is 0 Å². The Morgan fingerprint density at radius 1 is 0.396 bits per heavy atom. The zero-order valence-electron chi connectivity index (χ0n) is 33.2. The number of unbranched alkanes of at least 4 members (excludes halogenated alkanes) is 29. The van der Waals surface area contributed by atoms with E-state index in [2.05, 4.69) is 25.7 Å². The van der Waals surface area contributed by atoms with E-state index in [1.54, 1.807) is 5.06 Å². The molecule has 0 bridgehead atoms. The fourth-order valence-corrected chi connectivity index (χ4v) is 6.80. The number of hydrogen-bond acceptors (Lipinski definition) is 5. The summed E-state index contributed by atoms with van der Waals surface area (Å²) in [5, 5.41) is 11.7. The molecule has 0 aliphatic heterocycles. The van der Waals surface area contributed by atoms with E-state index in [0.717, 1.165) is 51.9 Å². The predicted molar refractivity (Wildman–Crippen MR) is 210 cm³/mol. The molecule has 48 heavy (non-hydrogen) atoms. The van der Waals surface area contributed by atoms with Gasteiger partial charge in [0.05, 0.1) is 13.2 Å². The molecule has 1 N–H and O–H groups in total. The number of hydrogen-bond donors (Lipinski definition) is 1. The van der Waals surface area contributed by atoms with Gasteiger partial charge in [-0.2, -0.15) is 5.06 Å². The lowest BCUT2D eigenvalue weighted by atomic mass is 10.1. The van der Waals surface area contributed by atoms with Gasteiger partial charge < -0.3 is 9.94 Å². The van der Waals surface area contributed by atoms with Crippen molar-refractivity contribution in [1.29, 1.82) is 0 Å². The van der Waals surface area contributed by atoms with Crippen molar-refractivity contribution < 1.29 is 14.7 Å². The largest absolute Gasteiger partial charge is 0.465 e. The molecule has 0 fully saturated rings. The number of nitrogens with zero attached hydrogens (tertiary/aromatic N) is 2. The SMILES string of the molecule is CCCCCCCCCCCCN(O)CCCCCCCCCOC(=O)CN(CCCCCCCCCC)CCCCCCCCCC. The van der Waals surface area contributed by atoms with Crippen LogP contribution >= 0.6 is 0 Å². The minimum absolute atomic E-state index is 0.0273. The first-order valence-electron chi connectivity index (χ1n) is 22.0. The summed E-state index contributed by atoms with van der Waals surface area (Å²) in [6.07, 6.45) is 42.7. The molecule has 0 saturated heterocycles. The molecule has 0 aromatic heterocycles. The Balaban J connectivity index is 3.83. The van der Waals surface area contributed by atoms with E-state index in [-0.39, 0.29) is 5.97 Å². The molecule has 0 aromatic rings. The highest BCUT2D eigenvalue weighted by molar-refractivity contribution is 5.71. The monoisotopic (exact) mass is 681 g/mol. The van der Waals surface area contributed by atoms with Crippen LogP contribution in [0.25, 0.3) is 0 Å². The standard InChI is InChI=1S/C43H88N2O3/c1-4-7-10-13-16-19-20-24-29-34-39-45(47)40-35-30-25-21-26-31-36-41-48-43(46)42-44(37-32-27-22-17-14-11-8-5-2)38-33-28-23-18-15-12-9-6-3/h47H,4-42H2,1-3H3. The highest BCUT2D eigenvalue weighted by Gasteiger charge is 2.12. The molecule has 5 heteroatoms. The van der Waals surface area contributed by atoms with Crippen molar-refractivity contribution >= 4 is 5.97 Å². The van der Waals surface area contributed by atoms with Crippen LogP contribution in [0.4, 0.5) is 0 Å². The van der Waals surface area contributed by atoms with Gasteiger partial charge in [-0.25, -0.2) is 0 Å². The van der Waals surface area contributed by atoms with Crippen molar-refractivity contribution in [2.24, 2.45) is 0 Å². The van der Waals surface area contributed by atoms with Crippen LogP contribution in [0.5, 0.6) is 0 Å². The van der Waals surface area contributed by atoms with Gasteiger partial charge >= 0.3 is 5.97 Å². The van der Waals surface area contributed by atoms with Crippen LogP contribution in [0.1, 0.15) is 233 Å². The maximum atomic E-state index is 12.7. The number of carbonyl (C=O) groups is 1. The maximum absolute atomic E-state index is 12.7. The topological polar surface area (TPSA) is 53.0 Å². The molecule has 5 nitrogen and oxygen atoms in total. The second kappa shape index (κ2) is 40.8. The average Bonchev–Trinajstić information content (AvgIpc) is 3.08. The third kappa shape index (κ3) is 38.2. The Morgan fingerprint density at radius 3 is 1.00 bits per heavy atom. The van der Waals surface area contributed by atoms with Crippen LogP contribution in [-0.4, -0.2) is 60.5 Å². The Kier molecular flexibility index (Phi) is 40.2. The lowest BCUT2D eigenvalue weighted by Gasteiger charge is -2.21. The second-order valence-corrected chi connectivity index (χ2v) is 15.1. The smallest absolute Gasteiger partial charge is 0.320 e. The van der Waals surface area contributed by atoms with Crippen LogP contribution in [0.15, 0.2) is 0 Å². The van der Waals surface area contributed by atoms with Crippen LogP contribution in [0.3, 0.4) is 0 Å². The maximum Gasteiger partial charge on any atom is 0.320 e. The van der Waals surface area contributed by atoms with Gasteiger partial charge in [0.1, 0.15) is 0 Å². The van der Waals surface area contributed by atoms with Crippen molar-refractivity contribution in [3.63, 3.8) is 0 Å². The summed E-state index contributed by atoms with van der Waals surface area (Å²) in [5.74, 6) is -0.0273. The summed E-state index contributed by atoms with van der Waals surface area (Å²) in [6.45, 7) is 11.6. The first-order chi connectivity index (χ1) is 23.6. The Morgan fingerprint density at radius 2 is 0.667 bits per heavy atom. The fourth-order valence-electron chi connectivity index (χ4n) is 6.80. The minimum Gasteiger partial charge on any atom is -0.465 e. The summed E-state index contributed by atoms with van der Waals surface area (Å²) < 4.78 is 5.67. The van der Waals surface area contributed by atoms with Gasteiger partial charge in [0.15, 0.2) is 0 Å². The number of ether oxygens (including phenoxy) is 1. The molecule has 0 aliphatic carbocycles. The molecule has 0 radical (unpaired) electrons. The summed E-state index contributed by atoms with van der Waals surface area (Å²) in [6, 6.07) is 0. The van der Waals surface area contributed by atoms with E-state index >= 15 is 0 Å². The predicted octanol–water partition coefficient (Wildman–Crippen LogP) is 13.5. The van der Waals surface area contributed by atoms with Crippen molar-refractivity contribution in [3.8, 4) is 0 Å². The van der Waals surface area contributed by atoms with E-state index < -0.39 is 0 Å². The molecule has 0 rings (SSSR count). The summed E-state index contributed by atoms with van der Waals surface area (Å²) in [5.41, 5.74) is 0. The van der Waals surface area contributed by atoms with E-state index in [1.165, 1.54) is 186 Å². The van der Waals surface area contributed by atoms with Gasteiger partial charge in [-0.15, -0.1) is 0 Å². The number of esters is 1. The van der Waals surface area contributed by atoms with Crippen LogP contribution < -0.4 is 0 Å². The second-order valence-electron chi connectivity index (χ2n) is 15.1. The van der Waals surface area contributed by atoms with Gasteiger partial charge in [-0.3, -0.25) is 9.69 Å². The van der Waals surface area contributed by atoms with E-state index in [1.807, 2.05) is 0 Å². The van der Waals surface area contributed by atoms with Gasteiger partial charge in [-0.05, 0) is 45.2 Å². The van der Waals surface area contributed by atoms with Gasteiger partial charge in [0.25, 0.3) is 0 Å². The Bertz CT molecular complexity index is 597. The number of hydroxylamine groups is 2. The quantitative estimate of drug-likeness (QED) is 0.0396. The average molecular weight is 681 g/mol. The van der Waals surface area contributed by atoms with Crippen LogP contribution in [-0.2, 0) is 9.53 Å². The third-order valence-corrected chi connectivity index (χ3v) is 10.1. The normalized spacial score (nSPS) is 11.7. The lowest BCUT2D eigenvalue weighted by molar-refractivity contribution is -0.145. The molecule has 0 atom stereocenters. The molecular weight excluding hydrogens is 592 g/mol. The zero-order valence-corrected chi connectivity index (χ0v) is 33.2. The number of rotatable bonds is 41. The molecule has 0 heterocycles. The molecule has 0 saturated carbocycles. The molecule has 0 amide bonds. The van der Waals surface area contributed by atoms with Crippen molar-refractivity contribution in [1.82, 2.24) is 9.96 Å². The molecule has 0 spiro atoms. The minimum atomic E-state index is -0.0273. The number of carbonyl (C=O) groups excluding carboxylic acids is 1. The van der Waals surface area contributed by atoms with Crippen LogP contribution in [0.2, 0.25) is 0 Å². The van der Waals surface area contributed by atoms with E-state index in [4.69, 9.17) is 4.74 Å². The highest BCUT2D eigenvalue weighted by Crippen LogP contribution is 2.13. The van der Waals surface area contributed by atoms with E-state index in [0.29, 0.717) is 13.2 Å². The lowest BCUT2D eigenvalue weighted by Crippen LogP contribution is -2.33.